The normalized spacial score (nSPS) is 18.8. The van der Waals surface area contributed by atoms with Gasteiger partial charge in [-0.15, -0.1) is 0 Å². The lowest BCUT2D eigenvalue weighted by Crippen LogP contribution is -2.33. The minimum atomic E-state index is -0.378. The number of hydrogen-bond acceptors (Lipinski definition) is 7. The standard InChI is InChI=1S/C20H36N2O6S.2H2/c1-3-29-18-7-5-17(6-8-18)28-20(25)22-11-13-27-15-14-26-12-10-21-19(24)9-4-16(2)23;;/h17-18H,3-15H2,1-2H3,(H,21,24)(H,22,25);2*1H. The van der Waals surface area contributed by atoms with E-state index in [0.29, 0.717) is 44.8 Å². The molecule has 0 bridgehead atoms. The molecule has 1 rings (SSSR count). The molecule has 0 aliphatic heterocycles. The maximum atomic E-state index is 11.8. The third-order valence-electron chi connectivity index (χ3n) is 4.46. The molecule has 1 saturated carbocycles. The molecule has 0 saturated heterocycles. The van der Waals surface area contributed by atoms with Crippen molar-refractivity contribution in [1.82, 2.24) is 10.6 Å². The van der Waals surface area contributed by atoms with Crippen LogP contribution in [0.4, 0.5) is 4.79 Å². The number of amides is 2. The summed E-state index contributed by atoms with van der Waals surface area (Å²) in [5.41, 5.74) is 0. The number of alkyl carbamates (subject to hydrolysis) is 1. The van der Waals surface area contributed by atoms with Crippen molar-refractivity contribution in [2.24, 2.45) is 0 Å². The van der Waals surface area contributed by atoms with Crippen LogP contribution in [0.2, 0.25) is 0 Å². The maximum absolute atomic E-state index is 11.8. The second-order valence-corrected chi connectivity index (χ2v) is 8.54. The Morgan fingerprint density at radius 1 is 0.931 bits per heavy atom. The van der Waals surface area contributed by atoms with Gasteiger partial charge in [0.2, 0.25) is 5.91 Å². The minimum Gasteiger partial charge on any atom is -0.446 e. The van der Waals surface area contributed by atoms with E-state index in [0.717, 1.165) is 31.4 Å². The van der Waals surface area contributed by atoms with E-state index in [1.165, 1.54) is 6.92 Å². The summed E-state index contributed by atoms with van der Waals surface area (Å²) in [7, 11) is 0. The van der Waals surface area contributed by atoms with Gasteiger partial charge in [0, 0.05) is 34.0 Å². The zero-order valence-corrected chi connectivity index (χ0v) is 18.5. The van der Waals surface area contributed by atoms with E-state index >= 15 is 0 Å². The average Bonchev–Trinajstić information content (AvgIpc) is 2.69. The summed E-state index contributed by atoms with van der Waals surface area (Å²) in [4.78, 5) is 34.0. The van der Waals surface area contributed by atoms with Crippen LogP contribution in [0.25, 0.3) is 0 Å². The van der Waals surface area contributed by atoms with Crippen molar-refractivity contribution in [3.05, 3.63) is 0 Å². The number of carbonyl (C=O) groups is 3. The molecule has 1 aliphatic rings. The van der Waals surface area contributed by atoms with Gasteiger partial charge < -0.3 is 29.6 Å². The summed E-state index contributed by atoms with van der Waals surface area (Å²) in [6, 6.07) is 0. The Labute approximate surface area is 181 Å². The van der Waals surface area contributed by atoms with Crippen LogP contribution in [-0.2, 0) is 23.8 Å². The van der Waals surface area contributed by atoms with E-state index in [9.17, 15) is 14.4 Å². The molecule has 0 radical (unpaired) electrons. The number of nitrogens with one attached hydrogen (secondary N) is 2. The van der Waals surface area contributed by atoms with E-state index < -0.39 is 0 Å². The fraction of sp³-hybridized carbons (Fsp3) is 0.850. The highest BCUT2D eigenvalue weighted by atomic mass is 32.2. The van der Waals surface area contributed by atoms with Crippen molar-refractivity contribution in [2.45, 2.75) is 63.7 Å². The smallest absolute Gasteiger partial charge is 0.407 e. The molecule has 0 aromatic carbocycles. The summed E-state index contributed by atoms with van der Waals surface area (Å²) >= 11 is 1.99. The van der Waals surface area contributed by atoms with Crippen LogP contribution in [-0.4, -0.2) is 74.4 Å². The van der Waals surface area contributed by atoms with Gasteiger partial charge in [0.15, 0.2) is 0 Å². The highest BCUT2D eigenvalue weighted by molar-refractivity contribution is 7.99. The van der Waals surface area contributed by atoms with E-state index in [1.54, 1.807) is 0 Å². The van der Waals surface area contributed by atoms with Gasteiger partial charge in [0.05, 0.1) is 26.4 Å². The molecule has 0 aromatic heterocycles. The average molecular weight is 437 g/mol. The lowest BCUT2D eigenvalue weighted by atomic mass is 9.97. The van der Waals surface area contributed by atoms with Gasteiger partial charge in [-0.05, 0) is 38.4 Å². The summed E-state index contributed by atoms with van der Waals surface area (Å²) in [5.74, 6) is 0.997. The molecule has 0 spiro atoms. The molecule has 0 atom stereocenters. The van der Waals surface area contributed by atoms with E-state index in [-0.39, 0.29) is 39.6 Å². The van der Waals surface area contributed by atoms with Crippen LogP contribution in [0.15, 0.2) is 0 Å². The van der Waals surface area contributed by atoms with Crippen LogP contribution in [0.1, 0.15) is 55.2 Å². The van der Waals surface area contributed by atoms with Crippen molar-refractivity contribution < 1.29 is 31.4 Å². The molecule has 29 heavy (non-hydrogen) atoms. The molecule has 1 aliphatic carbocycles. The Hall–Kier alpha value is -1.32. The first-order valence-corrected chi connectivity index (χ1v) is 11.5. The number of Topliss-reactive ketones (excluding diaryl/α,β-unsaturated/α-hetero) is 1. The van der Waals surface area contributed by atoms with Crippen LogP contribution in [0, 0.1) is 0 Å². The lowest BCUT2D eigenvalue weighted by molar-refractivity contribution is -0.124. The minimum absolute atomic E-state index is 0. The van der Waals surface area contributed by atoms with Crippen LogP contribution in [0.3, 0.4) is 0 Å². The predicted molar refractivity (Wildman–Crippen MR) is 117 cm³/mol. The second kappa shape index (κ2) is 16.5. The summed E-state index contributed by atoms with van der Waals surface area (Å²) in [5, 5.41) is 6.10. The molecular weight excluding hydrogens is 396 g/mol. The van der Waals surface area contributed by atoms with Crippen LogP contribution >= 0.6 is 11.8 Å². The molecular formula is C20H40N2O6S. The molecule has 2 amide bonds. The Morgan fingerprint density at radius 2 is 1.55 bits per heavy atom. The number of ketones is 1. The highest BCUT2D eigenvalue weighted by Gasteiger charge is 2.23. The van der Waals surface area contributed by atoms with Crippen molar-refractivity contribution in [1.29, 1.82) is 0 Å². The quantitative estimate of drug-likeness (QED) is 0.381. The highest BCUT2D eigenvalue weighted by Crippen LogP contribution is 2.29. The van der Waals surface area contributed by atoms with Crippen LogP contribution in [0.5, 0.6) is 0 Å². The molecule has 1 fully saturated rings. The van der Waals surface area contributed by atoms with Crippen molar-refractivity contribution in [3.8, 4) is 0 Å². The SMILES string of the molecule is CCSC1CCC(OC(=O)NCCOCCOCCNC(=O)CCC(C)=O)CC1.[HH].[HH]. The summed E-state index contributed by atoms with van der Waals surface area (Å²) < 4.78 is 16.2. The van der Waals surface area contributed by atoms with Gasteiger partial charge >= 0.3 is 6.09 Å². The van der Waals surface area contributed by atoms with E-state index in [4.69, 9.17) is 14.2 Å². The molecule has 2 N–H and O–H groups in total. The van der Waals surface area contributed by atoms with Gasteiger partial charge in [-0.3, -0.25) is 4.79 Å². The van der Waals surface area contributed by atoms with Crippen molar-refractivity contribution in [2.75, 3.05) is 45.3 Å². The molecule has 0 aromatic rings. The first kappa shape index (κ1) is 25.7. The third kappa shape index (κ3) is 14.3. The molecule has 9 heteroatoms. The Kier molecular flexibility index (Phi) is 14.6. The summed E-state index contributed by atoms with van der Waals surface area (Å²) in [6.45, 7) is 6.04. The van der Waals surface area contributed by atoms with Crippen molar-refractivity contribution >= 4 is 29.5 Å². The fourth-order valence-corrected chi connectivity index (χ4v) is 4.01. The predicted octanol–water partition coefficient (Wildman–Crippen LogP) is 2.79. The number of rotatable bonds is 15. The van der Waals surface area contributed by atoms with Gasteiger partial charge in [-0.2, -0.15) is 11.8 Å². The van der Waals surface area contributed by atoms with Crippen molar-refractivity contribution in [3.63, 3.8) is 0 Å². The number of ether oxygens (including phenoxy) is 3. The number of thioether (sulfide) groups is 1. The summed E-state index contributed by atoms with van der Waals surface area (Å²) in [6.07, 6.45) is 4.24. The third-order valence-corrected chi connectivity index (χ3v) is 5.73. The maximum Gasteiger partial charge on any atom is 0.407 e. The first-order chi connectivity index (χ1) is 14.0. The lowest BCUT2D eigenvalue weighted by Gasteiger charge is -2.27. The molecule has 172 valence electrons. The van der Waals surface area contributed by atoms with Gasteiger partial charge in [-0.25, -0.2) is 4.79 Å². The first-order valence-electron chi connectivity index (χ1n) is 10.5. The Balaban J connectivity index is 0. The number of carbonyl (C=O) groups excluding carboxylic acids is 3. The van der Waals surface area contributed by atoms with Gasteiger partial charge in [-0.1, -0.05) is 6.92 Å². The second-order valence-electron chi connectivity index (χ2n) is 6.96. The monoisotopic (exact) mass is 436 g/mol. The molecule has 0 heterocycles. The number of hydrogen-bond donors (Lipinski definition) is 2. The Bertz CT molecular complexity index is 494. The fourth-order valence-electron chi connectivity index (χ4n) is 2.93. The van der Waals surface area contributed by atoms with Crippen LogP contribution < -0.4 is 10.6 Å². The zero-order valence-electron chi connectivity index (χ0n) is 17.7. The van der Waals surface area contributed by atoms with E-state index in [1.807, 2.05) is 11.8 Å². The van der Waals surface area contributed by atoms with E-state index in [2.05, 4.69) is 17.6 Å². The zero-order chi connectivity index (χ0) is 21.3. The van der Waals surface area contributed by atoms with Gasteiger partial charge in [0.1, 0.15) is 11.9 Å². The van der Waals surface area contributed by atoms with Gasteiger partial charge in [0.25, 0.3) is 0 Å². The molecule has 8 nitrogen and oxygen atoms in total. The largest absolute Gasteiger partial charge is 0.446 e. The molecule has 0 unspecified atom stereocenters. The topological polar surface area (TPSA) is 103 Å². The Morgan fingerprint density at radius 3 is 2.14 bits per heavy atom.